The summed E-state index contributed by atoms with van der Waals surface area (Å²) in [6.45, 7) is 2.52. The lowest BCUT2D eigenvalue weighted by Gasteiger charge is -2.27. The number of fused-ring (bicyclic) bond motifs is 1. The van der Waals surface area contributed by atoms with Crippen LogP contribution < -0.4 is 10.6 Å². The molecule has 0 aliphatic carbocycles. The second kappa shape index (κ2) is 4.40. The number of thioether (sulfide) groups is 1. The van der Waals surface area contributed by atoms with Gasteiger partial charge in [0.25, 0.3) is 0 Å². The van der Waals surface area contributed by atoms with Crippen molar-refractivity contribution in [1.29, 1.82) is 0 Å². The minimum Gasteiger partial charge on any atom is -0.343 e. The van der Waals surface area contributed by atoms with E-state index in [0.717, 1.165) is 16.0 Å². The van der Waals surface area contributed by atoms with Crippen LogP contribution in [0.15, 0.2) is 29.2 Å². The lowest BCUT2D eigenvalue weighted by atomic mass is 9.90. The summed E-state index contributed by atoms with van der Waals surface area (Å²) in [7, 11) is 0. The van der Waals surface area contributed by atoms with E-state index in [1.165, 1.54) is 12.1 Å². The standard InChI is InChI=1S/C13H13FN2OS/c1-7-10(8-2-4-9(14)5-3-8)11-12(17)15-6-16-13(11)18-7/h2-5,11,13,16H,6H2,1H3,(H,15,17). The molecule has 3 nitrogen and oxygen atoms in total. The number of hydrogen-bond donors (Lipinski definition) is 2. The maximum absolute atomic E-state index is 13.0. The van der Waals surface area contributed by atoms with Gasteiger partial charge in [-0.1, -0.05) is 12.1 Å². The molecule has 2 aliphatic rings. The van der Waals surface area contributed by atoms with Crippen molar-refractivity contribution in [3.05, 3.63) is 40.6 Å². The maximum atomic E-state index is 13.0. The Morgan fingerprint density at radius 3 is 2.78 bits per heavy atom. The summed E-state index contributed by atoms with van der Waals surface area (Å²) in [4.78, 5) is 13.1. The smallest absolute Gasteiger partial charge is 0.231 e. The van der Waals surface area contributed by atoms with Crippen LogP contribution in [0.3, 0.4) is 0 Å². The SMILES string of the molecule is CC1=C(c2ccc(F)cc2)C2C(=O)NCNC2S1. The van der Waals surface area contributed by atoms with E-state index in [0.29, 0.717) is 6.67 Å². The summed E-state index contributed by atoms with van der Waals surface area (Å²) in [5, 5.41) is 6.18. The highest BCUT2D eigenvalue weighted by molar-refractivity contribution is 8.04. The molecule has 0 spiro atoms. The average Bonchev–Trinajstić information content (AvgIpc) is 2.68. The normalized spacial score (nSPS) is 27.1. The first kappa shape index (κ1) is 11.7. The number of benzene rings is 1. The van der Waals surface area contributed by atoms with Crippen LogP contribution in [0.1, 0.15) is 12.5 Å². The molecule has 3 rings (SSSR count). The molecule has 0 radical (unpaired) electrons. The number of halogens is 1. The Balaban J connectivity index is 2.01. The van der Waals surface area contributed by atoms with Gasteiger partial charge in [-0.25, -0.2) is 4.39 Å². The van der Waals surface area contributed by atoms with E-state index in [1.807, 2.05) is 6.92 Å². The number of hydrogen-bond acceptors (Lipinski definition) is 3. The average molecular weight is 264 g/mol. The van der Waals surface area contributed by atoms with Crippen LogP contribution in [0.25, 0.3) is 5.57 Å². The molecule has 2 atom stereocenters. The minimum absolute atomic E-state index is 0.0439. The van der Waals surface area contributed by atoms with Crippen LogP contribution in [0.4, 0.5) is 4.39 Å². The number of nitrogens with one attached hydrogen (secondary N) is 2. The molecule has 18 heavy (non-hydrogen) atoms. The fraction of sp³-hybridized carbons (Fsp3) is 0.308. The van der Waals surface area contributed by atoms with Crippen molar-refractivity contribution in [1.82, 2.24) is 10.6 Å². The van der Waals surface area contributed by atoms with Gasteiger partial charge in [0, 0.05) is 0 Å². The Bertz CT molecular complexity index is 526. The van der Waals surface area contributed by atoms with Gasteiger partial charge in [-0.3, -0.25) is 10.1 Å². The van der Waals surface area contributed by atoms with Crippen molar-refractivity contribution in [2.75, 3.05) is 6.67 Å². The summed E-state index contributed by atoms with van der Waals surface area (Å²) >= 11 is 1.67. The van der Waals surface area contributed by atoms with Gasteiger partial charge in [0.1, 0.15) is 5.82 Å². The van der Waals surface area contributed by atoms with Crippen molar-refractivity contribution in [3.8, 4) is 0 Å². The van der Waals surface area contributed by atoms with Gasteiger partial charge in [-0.2, -0.15) is 0 Å². The van der Waals surface area contributed by atoms with Gasteiger partial charge in [0.2, 0.25) is 5.91 Å². The molecule has 2 unspecified atom stereocenters. The predicted octanol–water partition coefficient (Wildman–Crippen LogP) is 1.92. The highest BCUT2D eigenvalue weighted by Crippen LogP contribution is 2.46. The lowest BCUT2D eigenvalue weighted by molar-refractivity contribution is -0.124. The van der Waals surface area contributed by atoms with E-state index >= 15 is 0 Å². The van der Waals surface area contributed by atoms with Gasteiger partial charge in [0.15, 0.2) is 0 Å². The number of allylic oxidation sites excluding steroid dienone is 1. The number of carbonyl (C=O) groups is 1. The summed E-state index contributed by atoms with van der Waals surface area (Å²) in [6.07, 6.45) is 0. The molecule has 0 aromatic heterocycles. The molecular weight excluding hydrogens is 251 g/mol. The molecule has 2 heterocycles. The lowest BCUT2D eigenvalue weighted by Crippen LogP contribution is -2.52. The molecule has 94 valence electrons. The summed E-state index contributed by atoms with van der Waals surface area (Å²) < 4.78 is 13.0. The van der Waals surface area contributed by atoms with Crippen molar-refractivity contribution in [2.24, 2.45) is 5.92 Å². The van der Waals surface area contributed by atoms with Gasteiger partial charge in [-0.15, -0.1) is 11.8 Å². The van der Waals surface area contributed by atoms with Crippen LogP contribution >= 0.6 is 11.8 Å². The number of amides is 1. The van der Waals surface area contributed by atoms with Crippen LogP contribution in [0.5, 0.6) is 0 Å². The quantitative estimate of drug-likeness (QED) is 0.814. The van der Waals surface area contributed by atoms with Crippen LogP contribution in [-0.2, 0) is 4.79 Å². The van der Waals surface area contributed by atoms with Gasteiger partial charge in [0.05, 0.1) is 18.0 Å². The van der Waals surface area contributed by atoms with Crippen LogP contribution in [0, 0.1) is 11.7 Å². The van der Waals surface area contributed by atoms with Gasteiger partial charge < -0.3 is 5.32 Å². The van der Waals surface area contributed by atoms with E-state index in [1.54, 1.807) is 23.9 Å². The monoisotopic (exact) mass is 264 g/mol. The zero-order valence-electron chi connectivity index (χ0n) is 9.87. The summed E-state index contributed by atoms with van der Waals surface area (Å²) in [6, 6.07) is 6.33. The molecule has 1 aromatic rings. The van der Waals surface area contributed by atoms with E-state index in [2.05, 4.69) is 10.6 Å². The molecule has 2 aliphatic heterocycles. The van der Waals surface area contributed by atoms with E-state index in [-0.39, 0.29) is 23.0 Å². The first-order valence-corrected chi connectivity index (χ1v) is 6.69. The maximum Gasteiger partial charge on any atom is 0.231 e. The van der Waals surface area contributed by atoms with Crippen molar-refractivity contribution in [3.63, 3.8) is 0 Å². The van der Waals surface area contributed by atoms with Crippen molar-refractivity contribution >= 4 is 23.2 Å². The largest absolute Gasteiger partial charge is 0.343 e. The van der Waals surface area contributed by atoms with Gasteiger partial charge >= 0.3 is 0 Å². The van der Waals surface area contributed by atoms with Gasteiger partial charge in [-0.05, 0) is 35.1 Å². The molecule has 5 heteroatoms. The highest BCUT2D eigenvalue weighted by Gasteiger charge is 2.41. The molecule has 0 saturated carbocycles. The molecule has 1 amide bonds. The third-order valence-electron chi connectivity index (χ3n) is 3.30. The predicted molar refractivity (Wildman–Crippen MR) is 70.0 cm³/mol. The fourth-order valence-corrected chi connectivity index (χ4v) is 3.80. The Kier molecular flexibility index (Phi) is 2.87. The molecule has 1 fully saturated rings. The van der Waals surface area contributed by atoms with Crippen LogP contribution in [0.2, 0.25) is 0 Å². The fourth-order valence-electron chi connectivity index (χ4n) is 2.48. The molecule has 0 bridgehead atoms. The topological polar surface area (TPSA) is 41.1 Å². The van der Waals surface area contributed by atoms with Crippen molar-refractivity contribution < 1.29 is 9.18 Å². The summed E-state index contributed by atoms with van der Waals surface area (Å²) in [5.74, 6) is -0.401. The molecule has 1 saturated heterocycles. The number of rotatable bonds is 1. The second-order valence-electron chi connectivity index (χ2n) is 4.41. The zero-order chi connectivity index (χ0) is 12.7. The van der Waals surface area contributed by atoms with E-state index in [4.69, 9.17) is 0 Å². The van der Waals surface area contributed by atoms with E-state index < -0.39 is 0 Å². The number of carbonyl (C=O) groups excluding carboxylic acids is 1. The highest BCUT2D eigenvalue weighted by atomic mass is 32.2. The first-order valence-electron chi connectivity index (χ1n) is 5.81. The Hall–Kier alpha value is -1.33. The Morgan fingerprint density at radius 2 is 2.06 bits per heavy atom. The third kappa shape index (κ3) is 1.83. The molecule has 2 N–H and O–H groups in total. The molecule has 1 aromatic carbocycles. The van der Waals surface area contributed by atoms with E-state index in [9.17, 15) is 9.18 Å². The van der Waals surface area contributed by atoms with Crippen LogP contribution in [-0.4, -0.2) is 17.9 Å². The molecular formula is C13H13FN2OS. The first-order chi connectivity index (χ1) is 8.66. The third-order valence-corrected chi connectivity index (χ3v) is 4.57. The van der Waals surface area contributed by atoms with Crippen molar-refractivity contribution in [2.45, 2.75) is 12.3 Å². The second-order valence-corrected chi connectivity index (χ2v) is 5.77. The zero-order valence-corrected chi connectivity index (χ0v) is 10.7. The minimum atomic E-state index is -0.259. The Labute approximate surface area is 109 Å². The summed E-state index contributed by atoms with van der Waals surface area (Å²) in [5.41, 5.74) is 1.93. The Morgan fingerprint density at radius 1 is 1.33 bits per heavy atom.